The first-order valence-corrected chi connectivity index (χ1v) is 7.93. The number of likely N-dealkylation sites (tertiary alicyclic amines) is 1. The van der Waals surface area contributed by atoms with Crippen LogP contribution in [0.1, 0.15) is 39.0 Å². The van der Waals surface area contributed by atoms with Gasteiger partial charge in [-0.3, -0.25) is 0 Å². The lowest BCUT2D eigenvalue weighted by atomic mass is 9.84. The summed E-state index contributed by atoms with van der Waals surface area (Å²) in [6.07, 6.45) is 4.42. The van der Waals surface area contributed by atoms with E-state index in [1.54, 1.807) is 0 Å². The molecule has 0 aromatic carbocycles. The standard InChI is InChI=1S/C15H24N2O4/c1-8(12-5-9-2-3-10(12)4-9)16-15(21)17-7-11(18)6-13(17)14(19)20/h8-13,18H,2-7H2,1H3,(H,16,21)(H,19,20)/t8?,9?,10?,11-,12?,13-/m1/s1. The molecule has 1 saturated heterocycles. The van der Waals surface area contributed by atoms with Gasteiger partial charge >= 0.3 is 12.0 Å². The summed E-state index contributed by atoms with van der Waals surface area (Å²) >= 11 is 0. The van der Waals surface area contributed by atoms with Crippen molar-refractivity contribution in [2.45, 2.75) is 57.2 Å². The lowest BCUT2D eigenvalue weighted by molar-refractivity contribution is -0.141. The van der Waals surface area contributed by atoms with Crippen LogP contribution in [-0.4, -0.2) is 51.8 Å². The number of carboxylic acids is 1. The second-order valence-corrected chi connectivity index (χ2v) is 6.97. The quantitative estimate of drug-likeness (QED) is 0.726. The van der Waals surface area contributed by atoms with Crippen molar-refractivity contribution in [3.63, 3.8) is 0 Å². The fourth-order valence-electron chi connectivity index (χ4n) is 4.56. The molecule has 2 bridgehead atoms. The molecule has 2 aliphatic carbocycles. The predicted octanol–water partition coefficient (Wildman–Crippen LogP) is 1.04. The highest BCUT2D eigenvalue weighted by Crippen LogP contribution is 2.49. The number of amides is 2. The maximum Gasteiger partial charge on any atom is 0.326 e. The Hall–Kier alpha value is -1.30. The summed E-state index contributed by atoms with van der Waals surface area (Å²) in [6, 6.07) is -1.19. The average Bonchev–Trinajstić information content (AvgIpc) is 3.12. The van der Waals surface area contributed by atoms with E-state index in [4.69, 9.17) is 5.11 Å². The van der Waals surface area contributed by atoms with Crippen molar-refractivity contribution in [2.75, 3.05) is 6.54 Å². The van der Waals surface area contributed by atoms with Crippen molar-refractivity contribution in [1.82, 2.24) is 10.2 Å². The number of carbonyl (C=O) groups is 2. The molecule has 6 nitrogen and oxygen atoms in total. The summed E-state index contributed by atoms with van der Waals surface area (Å²) in [5, 5.41) is 21.7. The number of aliphatic hydroxyl groups is 1. The number of β-amino-alcohol motifs (C(OH)–C–C–N with tert-alkyl or cyclic N) is 1. The van der Waals surface area contributed by atoms with Crippen LogP contribution in [0, 0.1) is 17.8 Å². The van der Waals surface area contributed by atoms with Gasteiger partial charge in [-0.05, 0) is 43.9 Å². The summed E-state index contributed by atoms with van der Waals surface area (Å²) in [6.45, 7) is 2.12. The van der Waals surface area contributed by atoms with Gasteiger partial charge < -0.3 is 20.4 Å². The SMILES string of the molecule is CC(NC(=O)N1C[C@H](O)C[C@@H]1C(=O)O)C1CC2CCC1C2. The highest BCUT2D eigenvalue weighted by atomic mass is 16.4. The zero-order valence-electron chi connectivity index (χ0n) is 12.4. The molecule has 6 atom stereocenters. The van der Waals surface area contributed by atoms with Crippen LogP contribution < -0.4 is 5.32 Å². The number of aliphatic hydroxyl groups excluding tert-OH is 1. The number of fused-ring (bicyclic) bond motifs is 2. The number of urea groups is 1. The number of carbonyl (C=O) groups excluding carboxylic acids is 1. The summed E-state index contributed by atoms with van der Waals surface area (Å²) in [4.78, 5) is 24.8. The van der Waals surface area contributed by atoms with Crippen LogP contribution in [0.4, 0.5) is 4.79 Å². The minimum absolute atomic E-state index is 0.0694. The summed E-state index contributed by atoms with van der Waals surface area (Å²) in [5.74, 6) is 1.00. The second kappa shape index (κ2) is 5.48. The monoisotopic (exact) mass is 296 g/mol. The van der Waals surface area contributed by atoms with Crippen molar-refractivity contribution in [2.24, 2.45) is 17.8 Å². The maximum absolute atomic E-state index is 12.3. The minimum Gasteiger partial charge on any atom is -0.480 e. The third kappa shape index (κ3) is 2.73. The molecule has 3 fully saturated rings. The molecule has 3 N–H and O–H groups in total. The number of carboxylic acid groups (broad SMARTS) is 1. The number of rotatable bonds is 3. The van der Waals surface area contributed by atoms with Crippen LogP contribution >= 0.6 is 0 Å². The molecule has 2 amide bonds. The highest BCUT2D eigenvalue weighted by Gasteiger charge is 2.44. The lowest BCUT2D eigenvalue weighted by Gasteiger charge is -2.31. The molecule has 0 radical (unpaired) electrons. The van der Waals surface area contributed by atoms with Gasteiger partial charge in [-0.25, -0.2) is 9.59 Å². The zero-order chi connectivity index (χ0) is 15.1. The fourth-order valence-corrected chi connectivity index (χ4v) is 4.56. The molecular formula is C15H24N2O4. The van der Waals surface area contributed by atoms with Crippen molar-refractivity contribution in [1.29, 1.82) is 0 Å². The molecule has 118 valence electrons. The van der Waals surface area contributed by atoms with E-state index in [-0.39, 0.29) is 25.0 Å². The van der Waals surface area contributed by atoms with E-state index in [0.717, 1.165) is 5.92 Å². The molecule has 0 spiro atoms. The van der Waals surface area contributed by atoms with Gasteiger partial charge in [0.1, 0.15) is 6.04 Å². The van der Waals surface area contributed by atoms with Crippen LogP contribution in [-0.2, 0) is 4.79 Å². The van der Waals surface area contributed by atoms with Gasteiger partial charge in [-0.1, -0.05) is 6.42 Å². The Bertz CT molecular complexity index is 441. The van der Waals surface area contributed by atoms with E-state index in [9.17, 15) is 14.7 Å². The Kier molecular flexibility index (Phi) is 3.82. The number of nitrogens with one attached hydrogen (secondary N) is 1. The van der Waals surface area contributed by atoms with E-state index in [0.29, 0.717) is 11.8 Å². The first-order chi connectivity index (χ1) is 9.95. The Balaban J connectivity index is 1.59. The van der Waals surface area contributed by atoms with Gasteiger partial charge in [0.2, 0.25) is 0 Å². The van der Waals surface area contributed by atoms with Gasteiger partial charge in [0.15, 0.2) is 0 Å². The Morgan fingerprint density at radius 1 is 1.24 bits per heavy atom. The molecule has 21 heavy (non-hydrogen) atoms. The molecule has 1 heterocycles. The topological polar surface area (TPSA) is 89.9 Å². The maximum atomic E-state index is 12.3. The third-order valence-corrected chi connectivity index (χ3v) is 5.61. The van der Waals surface area contributed by atoms with E-state index in [1.807, 2.05) is 6.92 Å². The second-order valence-electron chi connectivity index (χ2n) is 6.97. The molecule has 0 aromatic rings. The third-order valence-electron chi connectivity index (χ3n) is 5.61. The normalized spacial score (nSPS) is 39.5. The molecule has 0 aromatic heterocycles. The van der Waals surface area contributed by atoms with Gasteiger partial charge in [-0.2, -0.15) is 0 Å². The number of hydrogen-bond donors (Lipinski definition) is 3. The highest BCUT2D eigenvalue weighted by molar-refractivity contribution is 5.83. The Morgan fingerprint density at radius 3 is 2.57 bits per heavy atom. The number of hydrogen-bond acceptors (Lipinski definition) is 3. The average molecular weight is 296 g/mol. The van der Waals surface area contributed by atoms with Crippen LogP contribution in [0.2, 0.25) is 0 Å². The smallest absolute Gasteiger partial charge is 0.326 e. The van der Waals surface area contributed by atoms with Crippen molar-refractivity contribution >= 4 is 12.0 Å². The molecule has 1 aliphatic heterocycles. The molecule has 2 saturated carbocycles. The van der Waals surface area contributed by atoms with Gasteiger partial charge in [0.05, 0.1) is 6.10 Å². The van der Waals surface area contributed by atoms with Crippen LogP contribution in [0.5, 0.6) is 0 Å². The zero-order valence-corrected chi connectivity index (χ0v) is 12.4. The van der Waals surface area contributed by atoms with Crippen LogP contribution in [0.15, 0.2) is 0 Å². The Labute approximate surface area is 124 Å². The van der Waals surface area contributed by atoms with E-state index in [1.165, 1.54) is 30.6 Å². The molecule has 3 rings (SSSR count). The summed E-state index contributed by atoms with van der Waals surface area (Å²) < 4.78 is 0. The van der Waals surface area contributed by atoms with Crippen LogP contribution in [0.25, 0.3) is 0 Å². The summed E-state index contributed by atoms with van der Waals surface area (Å²) in [7, 11) is 0. The van der Waals surface area contributed by atoms with Crippen molar-refractivity contribution in [3.8, 4) is 0 Å². The molecule has 6 heteroatoms. The molecular weight excluding hydrogens is 272 g/mol. The van der Waals surface area contributed by atoms with Crippen LogP contribution in [0.3, 0.4) is 0 Å². The van der Waals surface area contributed by atoms with Gasteiger partial charge in [0, 0.05) is 19.0 Å². The fraction of sp³-hybridized carbons (Fsp3) is 0.867. The number of aliphatic carboxylic acids is 1. The minimum atomic E-state index is -1.05. The lowest BCUT2D eigenvalue weighted by Crippen LogP contribution is -2.50. The Morgan fingerprint density at radius 2 is 2.00 bits per heavy atom. The van der Waals surface area contributed by atoms with Crippen molar-refractivity contribution in [3.05, 3.63) is 0 Å². The van der Waals surface area contributed by atoms with Gasteiger partial charge in [0.25, 0.3) is 0 Å². The first-order valence-electron chi connectivity index (χ1n) is 7.93. The largest absolute Gasteiger partial charge is 0.480 e. The van der Waals surface area contributed by atoms with E-state index >= 15 is 0 Å². The first kappa shape index (κ1) is 14.6. The van der Waals surface area contributed by atoms with Crippen molar-refractivity contribution < 1.29 is 19.8 Å². The summed E-state index contributed by atoms with van der Waals surface area (Å²) in [5.41, 5.74) is 0. The number of nitrogens with zero attached hydrogens (tertiary/aromatic N) is 1. The van der Waals surface area contributed by atoms with Gasteiger partial charge in [-0.15, -0.1) is 0 Å². The van der Waals surface area contributed by atoms with E-state index in [2.05, 4.69) is 5.32 Å². The van der Waals surface area contributed by atoms with E-state index < -0.39 is 18.1 Å². The molecule has 4 unspecified atom stereocenters. The predicted molar refractivity (Wildman–Crippen MR) is 75.7 cm³/mol. The molecule has 3 aliphatic rings.